The number of hydrogen-bond donors (Lipinski definition) is 0. The Morgan fingerprint density at radius 2 is 2.00 bits per heavy atom. The van der Waals surface area contributed by atoms with Crippen LogP contribution >= 0.6 is 15.9 Å². The van der Waals surface area contributed by atoms with Crippen molar-refractivity contribution in [2.75, 3.05) is 0 Å². The van der Waals surface area contributed by atoms with Crippen molar-refractivity contribution in [3.63, 3.8) is 0 Å². The second-order valence-electron chi connectivity index (χ2n) is 5.01. The molecule has 3 atom stereocenters. The summed E-state index contributed by atoms with van der Waals surface area (Å²) in [6, 6.07) is 0. The highest BCUT2D eigenvalue weighted by Gasteiger charge is 2.62. The van der Waals surface area contributed by atoms with Gasteiger partial charge in [0.1, 0.15) is 5.78 Å². The lowest BCUT2D eigenvalue weighted by Crippen LogP contribution is -2.62. The Morgan fingerprint density at radius 3 is 2.33 bits per heavy atom. The number of Topliss-reactive ketones (excluding diaryl/α,β-unsaturated/α-hetero) is 1. The first kappa shape index (κ1) is 8.74. The molecular weight excluding hydrogens is 216 g/mol. The lowest BCUT2D eigenvalue weighted by Gasteiger charge is -2.61. The second kappa shape index (κ2) is 2.14. The molecule has 3 saturated carbocycles. The molecule has 0 aromatic heterocycles. The molecule has 3 fully saturated rings. The second-order valence-corrected chi connectivity index (χ2v) is 6.66. The summed E-state index contributed by atoms with van der Waals surface area (Å²) in [6.45, 7) is 6.62. The minimum absolute atomic E-state index is 0.231. The van der Waals surface area contributed by atoms with Crippen molar-refractivity contribution in [1.82, 2.24) is 0 Å². The molecule has 0 amide bonds. The molecule has 3 aliphatic rings. The summed E-state index contributed by atoms with van der Waals surface area (Å²) >= 11 is 3.59. The molecule has 0 heterocycles. The molecule has 0 N–H and O–H groups in total. The van der Waals surface area contributed by atoms with Crippen molar-refractivity contribution in [3.05, 3.63) is 0 Å². The van der Waals surface area contributed by atoms with E-state index in [4.69, 9.17) is 0 Å². The van der Waals surface area contributed by atoms with Crippen LogP contribution in [-0.4, -0.2) is 10.1 Å². The van der Waals surface area contributed by atoms with Crippen molar-refractivity contribution < 1.29 is 4.79 Å². The minimum atomic E-state index is -0.231. The predicted molar refractivity (Wildman–Crippen MR) is 52.3 cm³/mol. The number of alkyl halides is 1. The van der Waals surface area contributed by atoms with Crippen LogP contribution in [0.5, 0.6) is 0 Å². The van der Waals surface area contributed by atoms with Gasteiger partial charge in [-0.1, -0.05) is 29.8 Å². The Balaban J connectivity index is 2.33. The van der Waals surface area contributed by atoms with Gasteiger partial charge in [0.25, 0.3) is 0 Å². The van der Waals surface area contributed by atoms with Gasteiger partial charge < -0.3 is 0 Å². The molecule has 3 unspecified atom stereocenters. The van der Waals surface area contributed by atoms with Gasteiger partial charge in [-0.3, -0.25) is 4.79 Å². The van der Waals surface area contributed by atoms with E-state index in [0.29, 0.717) is 23.0 Å². The maximum absolute atomic E-state index is 11.6. The monoisotopic (exact) mass is 230 g/mol. The fourth-order valence-corrected chi connectivity index (χ4v) is 3.84. The zero-order valence-electron chi connectivity index (χ0n) is 7.86. The van der Waals surface area contributed by atoms with Gasteiger partial charge in [-0.15, -0.1) is 0 Å². The molecule has 1 nitrogen and oxygen atoms in total. The standard InChI is InChI=1S/C10H15BrO/c1-9(2)6-4-7(9)10(3,11)8(12)5-6/h6-7H,4-5H2,1-3H3. The van der Waals surface area contributed by atoms with Crippen molar-refractivity contribution >= 4 is 21.7 Å². The average Bonchev–Trinajstić information content (AvgIpc) is 1.93. The number of rotatable bonds is 0. The van der Waals surface area contributed by atoms with Crippen LogP contribution in [0.2, 0.25) is 0 Å². The Hall–Kier alpha value is 0.150. The number of carbonyl (C=O) groups excluding carboxylic acids is 1. The summed E-state index contributed by atoms with van der Waals surface area (Å²) in [4.78, 5) is 11.6. The quantitative estimate of drug-likeness (QED) is 0.586. The van der Waals surface area contributed by atoms with Gasteiger partial charge in [-0.25, -0.2) is 0 Å². The average molecular weight is 231 g/mol. The van der Waals surface area contributed by atoms with Crippen LogP contribution in [0, 0.1) is 17.3 Å². The van der Waals surface area contributed by atoms with Crippen LogP contribution in [-0.2, 0) is 4.79 Å². The normalized spacial score (nSPS) is 50.2. The van der Waals surface area contributed by atoms with Crippen molar-refractivity contribution in [3.8, 4) is 0 Å². The molecule has 12 heavy (non-hydrogen) atoms. The molecule has 0 saturated heterocycles. The Labute approximate surface area is 82.0 Å². The Bertz CT molecular complexity index is 242. The van der Waals surface area contributed by atoms with E-state index >= 15 is 0 Å². The van der Waals surface area contributed by atoms with Gasteiger partial charge in [0.2, 0.25) is 0 Å². The fraction of sp³-hybridized carbons (Fsp3) is 0.900. The van der Waals surface area contributed by atoms with E-state index < -0.39 is 0 Å². The van der Waals surface area contributed by atoms with Gasteiger partial charge in [0, 0.05) is 6.42 Å². The maximum Gasteiger partial charge on any atom is 0.149 e. The lowest BCUT2D eigenvalue weighted by molar-refractivity contribution is -0.147. The summed E-state index contributed by atoms with van der Waals surface area (Å²) in [6.07, 6.45) is 2.02. The van der Waals surface area contributed by atoms with Crippen LogP contribution in [0.4, 0.5) is 0 Å². The van der Waals surface area contributed by atoms with Crippen molar-refractivity contribution in [2.24, 2.45) is 17.3 Å². The molecule has 0 aliphatic heterocycles. The van der Waals surface area contributed by atoms with Gasteiger partial charge in [-0.05, 0) is 30.6 Å². The van der Waals surface area contributed by atoms with Gasteiger partial charge in [0.05, 0.1) is 4.32 Å². The molecule has 2 bridgehead atoms. The highest BCUT2D eigenvalue weighted by molar-refractivity contribution is 9.10. The summed E-state index contributed by atoms with van der Waals surface area (Å²) in [5.41, 5.74) is 0.381. The highest BCUT2D eigenvalue weighted by Crippen LogP contribution is 2.63. The van der Waals surface area contributed by atoms with Crippen molar-refractivity contribution in [1.29, 1.82) is 0 Å². The molecule has 0 spiro atoms. The summed E-state index contributed by atoms with van der Waals surface area (Å²) in [5, 5.41) is 0. The first-order chi connectivity index (χ1) is 5.37. The van der Waals surface area contributed by atoms with E-state index in [1.54, 1.807) is 0 Å². The van der Waals surface area contributed by atoms with Gasteiger partial charge >= 0.3 is 0 Å². The summed E-state index contributed by atoms with van der Waals surface area (Å²) < 4.78 is -0.231. The molecular formula is C10H15BrO. The fourth-order valence-electron chi connectivity index (χ4n) is 2.90. The van der Waals surface area contributed by atoms with Crippen molar-refractivity contribution in [2.45, 2.75) is 37.9 Å². The number of fused-ring (bicyclic) bond motifs is 2. The molecule has 0 aromatic rings. The van der Waals surface area contributed by atoms with E-state index in [2.05, 4.69) is 29.8 Å². The van der Waals surface area contributed by atoms with Gasteiger partial charge in [0.15, 0.2) is 0 Å². The van der Waals surface area contributed by atoms with E-state index in [1.165, 1.54) is 6.42 Å². The van der Waals surface area contributed by atoms with Crippen LogP contribution in [0.3, 0.4) is 0 Å². The molecule has 2 heteroatoms. The number of halogens is 1. The molecule has 68 valence electrons. The smallest absolute Gasteiger partial charge is 0.149 e. The minimum Gasteiger partial charge on any atom is -0.298 e. The number of hydrogen-bond acceptors (Lipinski definition) is 1. The Morgan fingerprint density at radius 1 is 1.42 bits per heavy atom. The summed E-state index contributed by atoms with van der Waals surface area (Å²) in [5.74, 6) is 1.61. The van der Waals surface area contributed by atoms with E-state index in [-0.39, 0.29) is 4.32 Å². The van der Waals surface area contributed by atoms with Crippen LogP contribution in [0.1, 0.15) is 33.6 Å². The molecule has 3 rings (SSSR count). The van der Waals surface area contributed by atoms with Crippen LogP contribution < -0.4 is 0 Å². The zero-order valence-corrected chi connectivity index (χ0v) is 9.44. The van der Waals surface area contributed by atoms with Crippen LogP contribution in [0.25, 0.3) is 0 Å². The Kier molecular flexibility index (Phi) is 1.56. The SMILES string of the molecule is CC1(Br)C(=O)CC2CC1C2(C)C. The third-order valence-electron chi connectivity index (χ3n) is 4.10. The summed E-state index contributed by atoms with van der Waals surface area (Å²) in [7, 11) is 0. The van der Waals surface area contributed by atoms with E-state index in [9.17, 15) is 4.79 Å². The highest BCUT2D eigenvalue weighted by atomic mass is 79.9. The zero-order chi connectivity index (χ0) is 9.15. The lowest BCUT2D eigenvalue weighted by atomic mass is 9.45. The van der Waals surface area contributed by atoms with Crippen LogP contribution in [0.15, 0.2) is 0 Å². The first-order valence-corrected chi connectivity index (χ1v) is 5.38. The number of carbonyl (C=O) groups is 1. The maximum atomic E-state index is 11.6. The molecule has 3 aliphatic carbocycles. The third kappa shape index (κ3) is 0.822. The number of ketones is 1. The topological polar surface area (TPSA) is 17.1 Å². The predicted octanol–water partition coefficient (Wildman–Crippen LogP) is 2.78. The van der Waals surface area contributed by atoms with E-state index in [0.717, 1.165) is 6.42 Å². The van der Waals surface area contributed by atoms with E-state index in [1.807, 2.05) is 6.92 Å². The third-order valence-corrected chi connectivity index (χ3v) is 5.10. The first-order valence-electron chi connectivity index (χ1n) is 4.59. The largest absolute Gasteiger partial charge is 0.298 e. The molecule has 0 aromatic carbocycles. The molecule has 0 radical (unpaired) electrons. The van der Waals surface area contributed by atoms with Gasteiger partial charge in [-0.2, -0.15) is 0 Å².